The molecule has 142 valence electrons. The van der Waals surface area contributed by atoms with Crippen molar-refractivity contribution in [3.8, 4) is 17.7 Å². The number of hydrogen-bond acceptors (Lipinski definition) is 7. The van der Waals surface area contributed by atoms with Crippen molar-refractivity contribution in [2.45, 2.75) is 39.0 Å². The Balaban J connectivity index is 1.93. The molecular formula is C19H22N4O3S. The Hall–Kier alpha value is -2.79. The third-order valence-electron chi connectivity index (χ3n) is 3.15. The summed E-state index contributed by atoms with van der Waals surface area (Å²) in [5.41, 5.74) is 0.769. The first kappa shape index (κ1) is 20.5. The molecule has 2 rings (SSSR count). The van der Waals surface area contributed by atoms with Crippen molar-refractivity contribution in [1.82, 2.24) is 14.3 Å². The number of hydrogen-bond donors (Lipinski definition) is 0. The largest absolute Gasteiger partial charge is 0.443 e. The number of nitrogens with zero attached hydrogens (tertiary/aromatic N) is 4. The molecule has 8 heteroatoms. The van der Waals surface area contributed by atoms with Gasteiger partial charge in [-0.25, -0.2) is 9.78 Å². The highest BCUT2D eigenvalue weighted by molar-refractivity contribution is 7.96. The molecule has 0 aliphatic carbocycles. The van der Waals surface area contributed by atoms with Crippen molar-refractivity contribution in [1.29, 1.82) is 5.26 Å². The minimum atomic E-state index is -0.518. The molecule has 1 heterocycles. The van der Waals surface area contributed by atoms with Gasteiger partial charge < -0.3 is 9.47 Å². The zero-order chi connectivity index (χ0) is 20.0. The van der Waals surface area contributed by atoms with Gasteiger partial charge in [0.25, 0.3) is 0 Å². The van der Waals surface area contributed by atoms with Crippen molar-refractivity contribution in [2.75, 3.05) is 7.05 Å². The molecule has 0 spiro atoms. The lowest BCUT2D eigenvalue weighted by atomic mass is 10.2. The molecule has 2 aromatic rings. The monoisotopic (exact) mass is 386 g/mol. The van der Waals surface area contributed by atoms with Crippen LogP contribution in [0, 0.1) is 18.3 Å². The van der Waals surface area contributed by atoms with E-state index in [1.54, 1.807) is 14.0 Å². The van der Waals surface area contributed by atoms with E-state index in [4.69, 9.17) is 14.7 Å². The molecule has 7 nitrogen and oxygen atoms in total. The van der Waals surface area contributed by atoms with E-state index in [0.717, 1.165) is 5.56 Å². The number of rotatable bonds is 5. The highest BCUT2D eigenvalue weighted by Gasteiger charge is 2.19. The molecule has 0 atom stereocenters. The minimum Gasteiger partial charge on any atom is -0.443 e. The Bertz CT molecular complexity index is 842. The summed E-state index contributed by atoms with van der Waals surface area (Å²) in [5, 5.41) is 8.96. The second-order valence-corrected chi connectivity index (χ2v) is 7.84. The number of amides is 1. The maximum Gasteiger partial charge on any atom is 0.420 e. The van der Waals surface area contributed by atoms with Crippen molar-refractivity contribution < 1.29 is 14.3 Å². The van der Waals surface area contributed by atoms with Crippen LogP contribution < -0.4 is 4.74 Å². The second-order valence-electron chi connectivity index (χ2n) is 6.75. The van der Waals surface area contributed by atoms with Crippen molar-refractivity contribution >= 4 is 18.0 Å². The van der Waals surface area contributed by atoms with Gasteiger partial charge in [-0.15, -0.1) is 0 Å². The lowest BCUT2D eigenvalue weighted by molar-refractivity contribution is 0.0432. The lowest BCUT2D eigenvalue weighted by Crippen LogP contribution is -2.30. The predicted molar refractivity (Wildman–Crippen MR) is 103 cm³/mol. The van der Waals surface area contributed by atoms with Crippen LogP contribution in [0.4, 0.5) is 4.79 Å². The summed E-state index contributed by atoms with van der Waals surface area (Å²) in [6, 6.07) is 10.9. The van der Waals surface area contributed by atoms with Gasteiger partial charge in [0.05, 0.1) is 0 Å². The molecule has 1 aromatic heterocycles. The molecular weight excluding hydrogens is 364 g/mol. The Morgan fingerprint density at radius 1 is 1.26 bits per heavy atom. The van der Waals surface area contributed by atoms with Crippen LogP contribution >= 0.6 is 11.9 Å². The quantitative estimate of drug-likeness (QED) is 0.701. The van der Waals surface area contributed by atoms with Crippen molar-refractivity contribution in [2.24, 2.45) is 0 Å². The van der Waals surface area contributed by atoms with Gasteiger partial charge in [-0.3, -0.25) is 4.31 Å². The normalized spacial score (nSPS) is 10.8. The van der Waals surface area contributed by atoms with Crippen molar-refractivity contribution in [3.05, 3.63) is 47.4 Å². The SMILES string of the molecule is Cc1nc(C#N)cc(Oc2ccc(CSN(C)C(=O)OC(C)(C)C)cc2)n1. The van der Waals surface area contributed by atoms with Crippen LogP contribution in [0.25, 0.3) is 0 Å². The molecule has 0 saturated carbocycles. The fourth-order valence-corrected chi connectivity index (χ4v) is 2.65. The van der Waals surface area contributed by atoms with Gasteiger partial charge in [0.2, 0.25) is 5.88 Å². The first-order chi connectivity index (χ1) is 12.7. The summed E-state index contributed by atoms with van der Waals surface area (Å²) < 4.78 is 12.5. The molecule has 0 unspecified atom stereocenters. The van der Waals surface area contributed by atoms with E-state index >= 15 is 0 Å². The number of carbonyl (C=O) groups is 1. The highest BCUT2D eigenvalue weighted by Crippen LogP contribution is 2.23. The minimum absolute atomic E-state index is 0.260. The first-order valence-electron chi connectivity index (χ1n) is 8.28. The van der Waals surface area contributed by atoms with E-state index in [2.05, 4.69) is 9.97 Å². The Morgan fingerprint density at radius 2 is 1.93 bits per heavy atom. The van der Waals surface area contributed by atoms with Crippen LogP contribution in [0.1, 0.15) is 37.9 Å². The molecule has 0 aliphatic rings. The number of nitriles is 1. The number of aryl methyl sites for hydroxylation is 1. The predicted octanol–water partition coefficient (Wildman–Crippen LogP) is 4.46. The fourth-order valence-electron chi connectivity index (χ4n) is 1.97. The van der Waals surface area contributed by atoms with Crippen molar-refractivity contribution in [3.63, 3.8) is 0 Å². The van der Waals surface area contributed by atoms with E-state index in [9.17, 15) is 4.79 Å². The summed E-state index contributed by atoms with van der Waals surface area (Å²) in [5.74, 6) is 2.01. The number of carbonyl (C=O) groups excluding carboxylic acids is 1. The van der Waals surface area contributed by atoms with Gasteiger partial charge in [0.15, 0.2) is 0 Å². The smallest absolute Gasteiger partial charge is 0.420 e. The third-order valence-corrected chi connectivity index (χ3v) is 4.15. The van der Waals surface area contributed by atoms with E-state index in [1.807, 2.05) is 51.1 Å². The number of ether oxygens (including phenoxy) is 2. The Morgan fingerprint density at radius 3 is 2.52 bits per heavy atom. The van der Waals surface area contributed by atoms with Crippen LogP contribution in [0.15, 0.2) is 30.3 Å². The average molecular weight is 386 g/mol. The first-order valence-corrected chi connectivity index (χ1v) is 9.23. The summed E-state index contributed by atoms with van der Waals surface area (Å²) in [7, 11) is 1.68. The van der Waals surface area contributed by atoms with Gasteiger partial charge >= 0.3 is 6.09 Å². The van der Waals surface area contributed by atoms with E-state index < -0.39 is 5.60 Å². The van der Waals surface area contributed by atoms with E-state index in [0.29, 0.717) is 23.2 Å². The number of benzene rings is 1. The third kappa shape index (κ3) is 6.79. The molecule has 0 saturated heterocycles. The van der Waals surface area contributed by atoms with Crippen LogP contribution in [-0.2, 0) is 10.5 Å². The number of aromatic nitrogens is 2. The maximum absolute atomic E-state index is 11.9. The van der Waals surface area contributed by atoms with E-state index in [-0.39, 0.29) is 11.8 Å². The summed E-state index contributed by atoms with van der Waals surface area (Å²) >= 11 is 1.36. The molecule has 0 N–H and O–H groups in total. The molecule has 0 aliphatic heterocycles. The Kier molecular flexibility index (Phi) is 6.64. The molecule has 0 bridgehead atoms. The van der Waals surface area contributed by atoms with Crippen LogP contribution in [0.5, 0.6) is 11.6 Å². The summed E-state index contributed by atoms with van der Waals surface area (Å²) in [6.45, 7) is 7.21. The highest BCUT2D eigenvalue weighted by atomic mass is 32.2. The molecule has 1 amide bonds. The summed E-state index contributed by atoms with van der Waals surface area (Å²) in [4.78, 5) is 20.1. The molecule has 1 aromatic carbocycles. The fraction of sp³-hybridized carbons (Fsp3) is 0.368. The standard InChI is InChI=1S/C19H22N4O3S/c1-13-21-15(11-20)10-17(22-13)25-16-8-6-14(7-9-16)12-27-23(5)18(24)26-19(2,3)4/h6-10H,12H2,1-5H3. The van der Waals surface area contributed by atoms with E-state index in [1.165, 1.54) is 22.3 Å². The zero-order valence-electron chi connectivity index (χ0n) is 16.0. The molecule has 0 fully saturated rings. The van der Waals surface area contributed by atoms with Gasteiger partial charge in [-0.1, -0.05) is 12.1 Å². The van der Waals surface area contributed by atoms with Gasteiger partial charge in [-0.05, 0) is 57.3 Å². The lowest BCUT2D eigenvalue weighted by Gasteiger charge is -2.23. The van der Waals surface area contributed by atoms with Crippen LogP contribution in [0.3, 0.4) is 0 Å². The summed E-state index contributed by atoms with van der Waals surface area (Å²) in [6.07, 6.45) is -0.375. The average Bonchev–Trinajstić information content (AvgIpc) is 2.58. The zero-order valence-corrected chi connectivity index (χ0v) is 16.8. The van der Waals surface area contributed by atoms with Crippen LogP contribution in [0.2, 0.25) is 0 Å². The maximum atomic E-state index is 11.9. The molecule has 27 heavy (non-hydrogen) atoms. The van der Waals surface area contributed by atoms with Gasteiger partial charge in [-0.2, -0.15) is 10.2 Å². The van der Waals surface area contributed by atoms with Crippen LogP contribution in [-0.4, -0.2) is 33.0 Å². The van der Waals surface area contributed by atoms with Gasteiger partial charge in [0.1, 0.15) is 28.9 Å². The second kappa shape index (κ2) is 8.73. The van der Waals surface area contributed by atoms with Gasteiger partial charge in [0, 0.05) is 18.9 Å². The molecule has 0 radical (unpaired) electrons. The topological polar surface area (TPSA) is 88.3 Å². The Labute approximate surface area is 163 Å².